The summed E-state index contributed by atoms with van der Waals surface area (Å²) in [6.45, 7) is -0.233. The van der Waals surface area contributed by atoms with E-state index in [1.165, 1.54) is 10.5 Å². The smallest absolute Gasteiger partial charge is 0.244 e. The van der Waals surface area contributed by atoms with E-state index in [9.17, 15) is 14.4 Å². The lowest BCUT2D eigenvalue weighted by molar-refractivity contribution is -0.143. The first-order chi connectivity index (χ1) is 14.0. The van der Waals surface area contributed by atoms with Crippen molar-refractivity contribution in [2.24, 2.45) is 23.7 Å². The molecule has 0 radical (unpaired) electrons. The molecule has 3 aliphatic rings. The lowest BCUT2D eigenvalue weighted by Crippen LogP contribution is -2.39. The zero-order valence-corrected chi connectivity index (χ0v) is 16.5. The average molecular weight is 409 g/mol. The first kappa shape index (κ1) is 18.4. The van der Waals surface area contributed by atoms with Gasteiger partial charge in [-0.1, -0.05) is 41.9 Å². The molecule has 2 bridgehead atoms. The maximum atomic E-state index is 13.1. The van der Waals surface area contributed by atoms with E-state index in [0.717, 1.165) is 12.8 Å². The Labute approximate surface area is 174 Å². The van der Waals surface area contributed by atoms with Gasteiger partial charge in [0.15, 0.2) is 0 Å². The van der Waals surface area contributed by atoms with Crippen LogP contribution in [0, 0.1) is 23.7 Å². The number of likely N-dealkylation sites (tertiary alicyclic amines) is 1. The van der Waals surface area contributed by atoms with Crippen molar-refractivity contribution in [1.82, 2.24) is 4.90 Å². The predicted octanol–water partition coefficient (Wildman–Crippen LogP) is 3.70. The minimum Gasteiger partial charge on any atom is -0.325 e. The summed E-state index contributed by atoms with van der Waals surface area (Å²) in [7, 11) is 0. The minimum atomic E-state index is -0.374. The third kappa shape index (κ3) is 3.04. The van der Waals surface area contributed by atoms with E-state index >= 15 is 0 Å². The Morgan fingerprint density at radius 1 is 0.966 bits per heavy atom. The molecule has 5 rings (SSSR count). The highest BCUT2D eigenvalue weighted by atomic mass is 35.5. The molecule has 2 aliphatic carbocycles. The number of halogens is 1. The van der Waals surface area contributed by atoms with E-state index in [4.69, 9.17) is 11.6 Å². The largest absolute Gasteiger partial charge is 0.325 e. The molecule has 1 N–H and O–H groups in total. The van der Waals surface area contributed by atoms with Crippen LogP contribution in [0.25, 0.3) is 0 Å². The lowest BCUT2D eigenvalue weighted by atomic mass is 9.73. The standard InChI is InChI=1S/C23H21ClN2O3/c24-15-6-8-16(9-7-15)25-19(27)12-26-22(28)20-14-10-17(13-4-2-1-3-5-13)18(11-14)21(20)23(26)29/h1-9,14,17-18,20-21H,10-12H2,(H,25,27)/t14-,17-,18-,20+,21+/m0/s1. The molecule has 148 valence electrons. The summed E-state index contributed by atoms with van der Waals surface area (Å²) in [4.78, 5) is 39.7. The molecular weight excluding hydrogens is 388 g/mol. The molecule has 0 aromatic heterocycles. The number of nitrogens with zero attached hydrogens (tertiary/aromatic N) is 1. The highest BCUT2D eigenvalue weighted by molar-refractivity contribution is 6.30. The molecule has 2 aromatic rings. The number of rotatable bonds is 4. The van der Waals surface area contributed by atoms with Crippen molar-refractivity contribution in [3.05, 3.63) is 65.2 Å². The van der Waals surface area contributed by atoms with E-state index in [2.05, 4.69) is 17.4 Å². The lowest BCUT2D eigenvalue weighted by Gasteiger charge is -2.28. The quantitative estimate of drug-likeness (QED) is 0.784. The van der Waals surface area contributed by atoms with Gasteiger partial charge in [-0.15, -0.1) is 0 Å². The number of nitrogens with one attached hydrogen (secondary N) is 1. The van der Waals surface area contributed by atoms with Crippen LogP contribution in [-0.4, -0.2) is 29.2 Å². The number of hydrogen-bond acceptors (Lipinski definition) is 3. The normalized spacial score (nSPS) is 30.0. The minimum absolute atomic E-state index is 0.176. The second-order valence-corrected chi connectivity index (χ2v) is 8.72. The molecule has 0 unspecified atom stereocenters. The zero-order valence-electron chi connectivity index (χ0n) is 15.8. The molecule has 2 aromatic carbocycles. The number of fused-ring (bicyclic) bond motifs is 5. The van der Waals surface area contributed by atoms with Gasteiger partial charge in [0.1, 0.15) is 6.54 Å². The van der Waals surface area contributed by atoms with Gasteiger partial charge in [-0.3, -0.25) is 19.3 Å². The summed E-state index contributed by atoms with van der Waals surface area (Å²) in [6, 6.07) is 17.0. The summed E-state index contributed by atoms with van der Waals surface area (Å²) in [5.74, 6) is -0.526. The van der Waals surface area contributed by atoms with Gasteiger partial charge in [0.2, 0.25) is 17.7 Å². The van der Waals surface area contributed by atoms with Crippen LogP contribution in [0.1, 0.15) is 24.3 Å². The van der Waals surface area contributed by atoms with Gasteiger partial charge in [0.05, 0.1) is 11.8 Å². The molecule has 1 saturated heterocycles. The monoisotopic (exact) mass is 408 g/mol. The van der Waals surface area contributed by atoms with Crippen molar-refractivity contribution in [1.29, 1.82) is 0 Å². The van der Waals surface area contributed by atoms with Crippen LogP contribution in [0.2, 0.25) is 5.02 Å². The third-order valence-corrected chi connectivity index (χ3v) is 7.02. The fourth-order valence-electron chi connectivity index (χ4n) is 5.64. The van der Waals surface area contributed by atoms with Crippen molar-refractivity contribution >= 4 is 35.0 Å². The van der Waals surface area contributed by atoms with E-state index in [-0.39, 0.29) is 47.9 Å². The van der Waals surface area contributed by atoms with Gasteiger partial charge in [-0.05, 0) is 60.4 Å². The van der Waals surface area contributed by atoms with Gasteiger partial charge in [0, 0.05) is 10.7 Å². The Morgan fingerprint density at radius 3 is 2.38 bits per heavy atom. The Morgan fingerprint density at radius 2 is 1.66 bits per heavy atom. The Bertz CT molecular complexity index is 975. The molecule has 5 atom stereocenters. The van der Waals surface area contributed by atoms with Gasteiger partial charge < -0.3 is 5.32 Å². The van der Waals surface area contributed by atoms with Crippen molar-refractivity contribution in [2.75, 3.05) is 11.9 Å². The molecule has 0 spiro atoms. The highest BCUT2D eigenvalue weighted by Gasteiger charge is 2.63. The summed E-state index contributed by atoms with van der Waals surface area (Å²) >= 11 is 5.86. The van der Waals surface area contributed by atoms with Gasteiger partial charge in [0.25, 0.3) is 0 Å². The van der Waals surface area contributed by atoms with E-state index in [1.54, 1.807) is 24.3 Å². The molecular formula is C23H21ClN2O3. The van der Waals surface area contributed by atoms with Crippen LogP contribution < -0.4 is 5.32 Å². The zero-order chi connectivity index (χ0) is 20.1. The van der Waals surface area contributed by atoms with Crippen LogP contribution in [-0.2, 0) is 14.4 Å². The van der Waals surface area contributed by atoms with Crippen molar-refractivity contribution in [2.45, 2.75) is 18.8 Å². The number of imide groups is 1. The highest BCUT2D eigenvalue weighted by Crippen LogP contribution is 2.61. The second kappa shape index (κ2) is 6.99. The number of amides is 3. The molecule has 3 amide bonds. The Hall–Kier alpha value is -2.66. The molecule has 5 nitrogen and oxygen atoms in total. The van der Waals surface area contributed by atoms with Gasteiger partial charge in [-0.25, -0.2) is 0 Å². The summed E-state index contributed by atoms with van der Waals surface area (Å²) in [5.41, 5.74) is 1.83. The number of carbonyl (C=O) groups excluding carboxylic acids is 3. The van der Waals surface area contributed by atoms with Gasteiger partial charge >= 0.3 is 0 Å². The topological polar surface area (TPSA) is 66.5 Å². The number of anilines is 1. The maximum absolute atomic E-state index is 13.1. The molecule has 29 heavy (non-hydrogen) atoms. The number of benzene rings is 2. The van der Waals surface area contributed by atoms with Crippen LogP contribution in [0.15, 0.2) is 54.6 Å². The molecule has 1 aliphatic heterocycles. The third-order valence-electron chi connectivity index (χ3n) is 6.76. The predicted molar refractivity (Wildman–Crippen MR) is 109 cm³/mol. The van der Waals surface area contributed by atoms with Crippen LogP contribution >= 0.6 is 11.6 Å². The van der Waals surface area contributed by atoms with Crippen LogP contribution in [0.5, 0.6) is 0 Å². The summed E-state index contributed by atoms with van der Waals surface area (Å²) < 4.78 is 0. The first-order valence-corrected chi connectivity index (χ1v) is 10.4. The molecule has 1 heterocycles. The van der Waals surface area contributed by atoms with E-state index in [0.29, 0.717) is 16.6 Å². The van der Waals surface area contributed by atoms with Crippen molar-refractivity contribution in [3.63, 3.8) is 0 Å². The van der Waals surface area contributed by atoms with E-state index < -0.39 is 0 Å². The SMILES string of the molecule is O=C(CN1C(=O)[C@@H]2[C@@H]3C[C@H]([C@H]2C1=O)[C@H](c1ccccc1)C3)Nc1ccc(Cl)cc1. The Balaban J connectivity index is 1.31. The second-order valence-electron chi connectivity index (χ2n) is 8.28. The molecule has 6 heteroatoms. The van der Waals surface area contributed by atoms with Crippen LogP contribution in [0.3, 0.4) is 0 Å². The Kier molecular flexibility index (Phi) is 4.43. The summed E-state index contributed by atoms with van der Waals surface area (Å²) in [6.07, 6.45) is 1.87. The molecule has 2 saturated carbocycles. The van der Waals surface area contributed by atoms with Crippen molar-refractivity contribution < 1.29 is 14.4 Å². The fraction of sp³-hybridized carbons (Fsp3) is 0.348. The van der Waals surface area contributed by atoms with Crippen LogP contribution in [0.4, 0.5) is 5.69 Å². The molecule has 3 fully saturated rings. The number of carbonyl (C=O) groups is 3. The first-order valence-electron chi connectivity index (χ1n) is 9.98. The number of hydrogen-bond donors (Lipinski definition) is 1. The van der Waals surface area contributed by atoms with Gasteiger partial charge in [-0.2, -0.15) is 0 Å². The van der Waals surface area contributed by atoms with E-state index in [1.807, 2.05) is 18.2 Å². The fourth-order valence-corrected chi connectivity index (χ4v) is 5.76. The average Bonchev–Trinajstić information content (AvgIpc) is 3.38. The van der Waals surface area contributed by atoms with Crippen molar-refractivity contribution in [3.8, 4) is 0 Å². The summed E-state index contributed by atoms with van der Waals surface area (Å²) in [5, 5.41) is 3.31. The maximum Gasteiger partial charge on any atom is 0.244 e.